The minimum absolute atomic E-state index is 0.0127. The van der Waals surface area contributed by atoms with Crippen molar-refractivity contribution in [1.82, 2.24) is 19.5 Å². The quantitative estimate of drug-likeness (QED) is 0.274. The molecule has 0 unspecified atom stereocenters. The lowest BCUT2D eigenvalue weighted by Crippen LogP contribution is -2.18. The van der Waals surface area contributed by atoms with Crippen molar-refractivity contribution in [2.75, 3.05) is 17.6 Å². The van der Waals surface area contributed by atoms with Gasteiger partial charge in [0.25, 0.3) is 6.01 Å². The number of hydrogen-bond donors (Lipinski definition) is 2. The zero-order chi connectivity index (χ0) is 27.2. The summed E-state index contributed by atoms with van der Waals surface area (Å²) in [5, 5.41) is 0.349. The topological polar surface area (TPSA) is 119 Å². The molecule has 0 saturated heterocycles. The minimum atomic E-state index is -3.86. The van der Waals surface area contributed by atoms with Crippen LogP contribution in [0.2, 0.25) is 0 Å². The van der Waals surface area contributed by atoms with Gasteiger partial charge in [-0.3, -0.25) is 14.1 Å². The molecule has 2 aromatic carbocycles. The van der Waals surface area contributed by atoms with Gasteiger partial charge < -0.3 is 9.72 Å². The molecule has 0 fully saturated rings. The first kappa shape index (κ1) is 25.3. The maximum absolute atomic E-state index is 15.3. The summed E-state index contributed by atoms with van der Waals surface area (Å²) in [5.74, 6) is -3.60. The molecule has 0 spiro atoms. The third-order valence-electron chi connectivity index (χ3n) is 6.19. The SMILES string of the molecule is CCCS(=O)(=O)Nc1ccc(F)c(C(=O)c2c[nH]c3ncc(-c4ccc5c(c4)nc(OC)n5C)cc23)c1F. The van der Waals surface area contributed by atoms with Crippen LogP contribution in [0.5, 0.6) is 6.01 Å². The van der Waals surface area contributed by atoms with E-state index in [1.165, 1.54) is 13.3 Å². The Hall–Kier alpha value is -4.32. The van der Waals surface area contributed by atoms with Crippen LogP contribution in [0, 0.1) is 11.6 Å². The van der Waals surface area contributed by atoms with Crippen molar-refractivity contribution < 1.29 is 26.7 Å². The van der Waals surface area contributed by atoms with E-state index in [0.717, 1.165) is 23.2 Å². The normalized spacial score (nSPS) is 11.8. The van der Waals surface area contributed by atoms with Crippen molar-refractivity contribution in [1.29, 1.82) is 0 Å². The molecule has 0 aliphatic rings. The van der Waals surface area contributed by atoms with E-state index in [9.17, 15) is 17.6 Å². The molecule has 0 bridgehead atoms. The number of ether oxygens (including phenoxy) is 1. The number of carbonyl (C=O) groups excluding carboxylic acids is 1. The number of carbonyl (C=O) groups is 1. The number of imidazole rings is 1. The summed E-state index contributed by atoms with van der Waals surface area (Å²) in [6.07, 6.45) is 3.23. The molecule has 196 valence electrons. The van der Waals surface area contributed by atoms with E-state index in [1.54, 1.807) is 19.2 Å². The van der Waals surface area contributed by atoms with Crippen LogP contribution in [0.3, 0.4) is 0 Å². The first-order valence-corrected chi connectivity index (χ1v) is 13.3. The van der Waals surface area contributed by atoms with Gasteiger partial charge in [-0.2, -0.15) is 4.98 Å². The van der Waals surface area contributed by atoms with E-state index in [4.69, 9.17) is 4.74 Å². The van der Waals surface area contributed by atoms with Gasteiger partial charge >= 0.3 is 0 Å². The highest BCUT2D eigenvalue weighted by molar-refractivity contribution is 7.92. The maximum Gasteiger partial charge on any atom is 0.296 e. The van der Waals surface area contributed by atoms with E-state index in [2.05, 4.69) is 19.7 Å². The lowest BCUT2D eigenvalue weighted by atomic mass is 9.99. The number of sulfonamides is 1. The molecule has 0 amide bonds. The Morgan fingerprint density at radius 3 is 2.68 bits per heavy atom. The van der Waals surface area contributed by atoms with Gasteiger partial charge in [0.1, 0.15) is 11.5 Å². The Balaban J connectivity index is 1.56. The molecule has 5 rings (SSSR count). The highest BCUT2D eigenvalue weighted by Crippen LogP contribution is 2.31. The van der Waals surface area contributed by atoms with Crippen LogP contribution in [0.1, 0.15) is 29.3 Å². The number of nitrogens with zero attached hydrogens (tertiary/aromatic N) is 3. The van der Waals surface area contributed by atoms with Crippen molar-refractivity contribution >= 4 is 43.6 Å². The molecule has 0 aliphatic carbocycles. The molecule has 12 heteroatoms. The molecule has 0 aliphatic heterocycles. The Morgan fingerprint density at radius 1 is 1.16 bits per heavy atom. The van der Waals surface area contributed by atoms with E-state index >= 15 is 4.39 Å². The van der Waals surface area contributed by atoms with E-state index in [0.29, 0.717) is 34.5 Å². The summed E-state index contributed by atoms with van der Waals surface area (Å²) >= 11 is 0. The lowest BCUT2D eigenvalue weighted by Gasteiger charge is -2.11. The van der Waals surface area contributed by atoms with E-state index < -0.39 is 38.7 Å². The highest BCUT2D eigenvalue weighted by atomic mass is 32.2. The van der Waals surface area contributed by atoms with Crippen LogP contribution < -0.4 is 9.46 Å². The number of aromatic nitrogens is 4. The van der Waals surface area contributed by atoms with Crippen LogP contribution in [-0.2, 0) is 17.1 Å². The van der Waals surface area contributed by atoms with Gasteiger partial charge in [-0.05, 0) is 42.3 Å². The van der Waals surface area contributed by atoms with Crippen LogP contribution in [0.15, 0.2) is 48.8 Å². The van der Waals surface area contributed by atoms with Gasteiger partial charge in [0, 0.05) is 36.0 Å². The number of benzene rings is 2. The van der Waals surface area contributed by atoms with Crippen molar-refractivity contribution in [3.8, 4) is 17.1 Å². The number of pyridine rings is 1. The van der Waals surface area contributed by atoms with Gasteiger partial charge in [0.2, 0.25) is 15.8 Å². The van der Waals surface area contributed by atoms with Gasteiger partial charge in [-0.1, -0.05) is 13.0 Å². The summed E-state index contributed by atoms with van der Waals surface area (Å²) in [7, 11) is -0.492. The summed E-state index contributed by atoms with van der Waals surface area (Å²) in [6, 6.07) is 9.54. The lowest BCUT2D eigenvalue weighted by molar-refractivity contribution is 0.103. The van der Waals surface area contributed by atoms with Gasteiger partial charge in [0.15, 0.2) is 5.82 Å². The Labute approximate surface area is 216 Å². The van der Waals surface area contributed by atoms with Crippen LogP contribution in [0.25, 0.3) is 33.2 Å². The first-order valence-electron chi connectivity index (χ1n) is 11.6. The predicted octanol–water partition coefficient (Wildman–Crippen LogP) is 4.79. The maximum atomic E-state index is 15.3. The monoisotopic (exact) mass is 539 g/mol. The van der Waals surface area contributed by atoms with Crippen molar-refractivity contribution in [2.45, 2.75) is 13.3 Å². The van der Waals surface area contributed by atoms with Gasteiger partial charge in [-0.25, -0.2) is 22.2 Å². The number of halogens is 2. The molecule has 0 saturated carbocycles. The molecule has 0 atom stereocenters. The number of H-pyrrole nitrogens is 1. The average molecular weight is 540 g/mol. The minimum Gasteiger partial charge on any atom is -0.468 e. The van der Waals surface area contributed by atoms with E-state index in [1.807, 2.05) is 29.8 Å². The van der Waals surface area contributed by atoms with Crippen LogP contribution in [0.4, 0.5) is 14.5 Å². The van der Waals surface area contributed by atoms with Crippen molar-refractivity contribution in [3.63, 3.8) is 0 Å². The smallest absolute Gasteiger partial charge is 0.296 e. The average Bonchev–Trinajstić information content (AvgIpc) is 3.45. The second kappa shape index (κ2) is 9.53. The Bertz CT molecular complexity index is 1830. The van der Waals surface area contributed by atoms with Crippen molar-refractivity contribution in [2.24, 2.45) is 7.05 Å². The van der Waals surface area contributed by atoms with Gasteiger partial charge in [-0.15, -0.1) is 0 Å². The molecule has 9 nitrogen and oxygen atoms in total. The molecule has 3 aromatic heterocycles. The summed E-state index contributed by atoms with van der Waals surface area (Å²) in [6.45, 7) is 1.65. The number of anilines is 1. The Morgan fingerprint density at radius 2 is 1.95 bits per heavy atom. The summed E-state index contributed by atoms with van der Waals surface area (Å²) in [4.78, 5) is 25.0. The number of fused-ring (bicyclic) bond motifs is 2. The number of methoxy groups -OCH3 is 1. The largest absolute Gasteiger partial charge is 0.468 e. The van der Waals surface area contributed by atoms with E-state index in [-0.39, 0.29) is 11.3 Å². The number of aryl methyl sites for hydroxylation is 1. The van der Waals surface area contributed by atoms with Gasteiger partial charge in [0.05, 0.1) is 35.1 Å². The number of nitrogens with one attached hydrogen (secondary N) is 2. The highest BCUT2D eigenvalue weighted by Gasteiger charge is 2.26. The molecule has 38 heavy (non-hydrogen) atoms. The zero-order valence-corrected chi connectivity index (χ0v) is 21.5. The fourth-order valence-corrected chi connectivity index (χ4v) is 5.48. The second-order valence-electron chi connectivity index (χ2n) is 8.72. The second-order valence-corrected chi connectivity index (χ2v) is 10.6. The summed E-state index contributed by atoms with van der Waals surface area (Å²) in [5.41, 5.74) is 1.93. The number of aromatic amines is 1. The number of rotatable bonds is 8. The zero-order valence-electron chi connectivity index (χ0n) is 20.7. The predicted molar refractivity (Wildman–Crippen MR) is 140 cm³/mol. The van der Waals surface area contributed by atoms with Crippen molar-refractivity contribution in [3.05, 3.63) is 71.6 Å². The molecule has 2 N–H and O–H groups in total. The molecule has 3 heterocycles. The van der Waals surface area contributed by atoms with Crippen LogP contribution >= 0.6 is 0 Å². The Kier molecular flexibility index (Phi) is 6.35. The first-order chi connectivity index (χ1) is 18.1. The standard InChI is InChI=1S/C26H23F2N5O4S/c1-4-9-38(35,36)32-19-7-6-18(27)22(23(19)28)24(34)17-13-30-25-16(17)10-15(12-29-25)14-5-8-21-20(11-14)31-26(37-3)33(21)2/h5-8,10-13,32H,4,9H2,1-3H3,(H,29,30). The van der Waals surface area contributed by atoms with Crippen LogP contribution in [-0.4, -0.2) is 46.6 Å². The number of ketones is 1. The molecular formula is C26H23F2N5O4S. The summed E-state index contributed by atoms with van der Waals surface area (Å²) < 4.78 is 63.4. The fourth-order valence-electron chi connectivity index (χ4n) is 4.35. The molecular weight excluding hydrogens is 516 g/mol. The third kappa shape index (κ3) is 4.36. The number of hydrogen-bond acceptors (Lipinski definition) is 6. The third-order valence-corrected chi connectivity index (χ3v) is 7.66. The molecule has 5 aromatic rings. The molecule has 0 radical (unpaired) electrons. The fraction of sp³-hybridized carbons (Fsp3) is 0.192.